The fraction of sp³-hybridized carbons (Fsp3) is 0.467. The minimum Gasteiger partial charge on any atom is -0.388 e. The number of carbonyl (C=O) groups excluding carboxylic acids is 2. The molecule has 224 valence electrons. The van der Waals surface area contributed by atoms with Gasteiger partial charge in [-0.05, 0) is 84.4 Å². The first kappa shape index (κ1) is 30.5. The molecule has 3 amide bonds. The summed E-state index contributed by atoms with van der Waals surface area (Å²) < 4.78 is 2.72. The molecule has 1 saturated heterocycles. The van der Waals surface area contributed by atoms with Crippen LogP contribution in [0.1, 0.15) is 55.0 Å². The van der Waals surface area contributed by atoms with Crippen LogP contribution in [0.2, 0.25) is 5.02 Å². The number of amides is 3. The molecule has 1 aromatic carbocycles. The van der Waals surface area contributed by atoms with E-state index in [4.69, 9.17) is 16.6 Å². The number of hydrogen-bond acceptors (Lipinski definition) is 6. The second kappa shape index (κ2) is 12.7. The van der Waals surface area contributed by atoms with Gasteiger partial charge in [-0.3, -0.25) is 14.7 Å². The number of nitrogens with one attached hydrogen (secondary N) is 2. The lowest BCUT2D eigenvalue weighted by atomic mass is 9.95. The monoisotopic (exact) mass is 657 g/mol. The molecule has 2 atom stereocenters. The highest BCUT2D eigenvalue weighted by molar-refractivity contribution is 9.10. The van der Waals surface area contributed by atoms with Crippen molar-refractivity contribution in [1.82, 2.24) is 35.0 Å². The van der Waals surface area contributed by atoms with Crippen molar-refractivity contribution in [3.8, 4) is 0 Å². The highest BCUT2D eigenvalue weighted by Crippen LogP contribution is 2.38. The van der Waals surface area contributed by atoms with Crippen molar-refractivity contribution in [2.45, 2.75) is 64.4 Å². The quantitative estimate of drug-likeness (QED) is 0.372. The third-order valence-corrected chi connectivity index (χ3v) is 8.38. The molecule has 10 nitrogen and oxygen atoms in total. The Morgan fingerprint density at radius 1 is 1.14 bits per heavy atom. The molecular formula is C30H37BrClN7O3. The first-order chi connectivity index (χ1) is 20.0. The number of halogens is 2. The van der Waals surface area contributed by atoms with E-state index in [0.29, 0.717) is 43.6 Å². The van der Waals surface area contributed by atoms with Crippen LogP contribution in [0.15, 0.2) is 47.3 Å². The van der Waals surface area contributed by atoms with Crippen LogP contribution in [0.4, 0.5) is 4.79 Å². The molecule has 42 heavy (non-hydrogen) atoms. The number of aryl methyl sites for hydroxylation is 2. The van der Waals surface area contributed by atoms with Gasteiger partial charge in [0, 0.05) is 66.3 Å². The van der Waals surface area contributed by atoms with Crippen molar-refractivity contribution in [3.05, 3.63) is 80.6 Å². The van der Waals surface area contributed by atoms with Crippen molar-refractivity contribution in [3.63, 3.8) is 0 Å². The summed E-state index contributed by atoms with van der Waals surface area (Å²) in [5.74, 6) is 0.299. The van der Waals surface area contributed by atoms with E-state index in [1.807, 2.05) is 39.1 Å². The van der Waals surface area contributed by atoms with E-state index < -0.39 is 11.6 Å². The van der Waals surface area contributed by atoms with Crippen LogP contribution in [0.5, 0.6) is 0 Å². The number of aromatic nitrogens is 3. The molecule has 2 aliphatic rings. The number of aliphatic hydroxyl groups is 1. The molecule has 1 fully saturated rings. The van der Waals surface area contributed by atoms with Gasteiger partial charge in [-0.15, -0.1) is 0 Å². The van der Waals surface area contributed by atoms with Gasteiger partial charge in [0.05, 0.1) is 11.7 Å². The van der Waals surface area contributed by atoms with Gasteiger partial charge in [-0.2, -0.15) is 0 Å². The van der Waals surface area contributed by atoms with Crippen LogP contribution in [-0.2, 0) is 30.8 Å². The number of imidazole rings is 1. The van der Waals surface area contributed by atoms with E-state index >= 15 is 0 Å². The molecule has 3 heterocycles. The number of pyridine rings is 1. The molecule has 12 heteroatoms. The summed E-state index contributed by atoms with van der Waals surface area (Å²) in [5.41, 5.74) is 3.94. The third-order valence-electron chi connectivity index (χ3n) is 7.71. The standard InChI is InChI=1S/C30H37BrClN7O3/c1-30(2,3)36-29(42)39-13-12-38(17-24(39)28(41)34-9-11-37-10-8-33-25(37)18-40)27-23-7-6-22(32)15-19(23)4-5-20-14-21(31)16-35-26(20)27/h6-8,10,14-16,24,27,40H,4-5,9,11-13,17-18H2,1-3H3,(H,34,41)(H,36,42)/t24-,27?/m1/s1. The van der Waals surface area contributed by atoms with Crippen molar-refractivity contribution in [1.29, 1.82) is 0 Å². The van der Waals surface area contributed by atoms with Crippen LogP contribution < -0.4 is 10.6 Å². The molecule has 3 aromatic rings. The van der Waals surface area contributed by atoms with E-state index in [0.717, 1.165) is 39.7 Å². The predicted octanol–water partition coefficient (Wildman–Crippen LogP) is 3.69. The van der Waals surface area contributed by atoms with Gasteiger partial charge in [0.25, 0.3) is 0 Å². The highest BCUT2D eigenvalue weighted by Gasteiger charge is 2.41. The zero-order chi connectivity index (χ0) is 30.0. The first-order valence-corrected chi connectivity index (χ1v) is 15.3. The first-order valence-electron chi connectivity index (χ1n) is 14.2. The molecule has 0 bridgehead atoms. The number of rotatable bonds is 6. The maximum Gasteiger partial charge on any atom is 0.318 e. The van der Waals surface area contributed by atoms with Gasteiger partial charge in [-0.25, -0.2) is 9.78 Å². The topological polar surface area (TPSA) is 116 Å². The number of hydrogen-bond donors (Lipinski definition) is 3. The van der Waals surface area contributed by atoms with E-state index in [1.54, 1.807) is 21.9 Å². The number of aliphatic hydroxyl groups excluding tert-OH is 1. The van der Waals surface area contributed by atoms with Crippen molar-refractivity contribution in [2.75, 3.05) is 26.2 Å². The third kappa shape index (κ3) is 6.80. The van der Waals surface area contributed by atoms with Gasteiger partial charge < -0.3 is 25.2 Å². The summed E-state index contributed by atoms with van der Waals surface area (Å²) in [5, 5.41) is 16.3. The number of fused-ring (bicyclic) bond motifs is 2. The number of piperazine rings is 1. The zero-order valence-corrected chi connectivity index (χ0v) is 26.5. The zero-order valence-electron chi connectivity index (χ0n) is 24.1. The van der Waals surface area contributed by atoms with Gasteiger partial charge in [0.2, 0.25) is 5.91 Å². The average molecular weight is 659 g/mol. The van der Waals surface area contributed by atoms with Crippen LogP contribution in [-0.4, -0.2) is 79.1 Å². The number of benzene rings is 1. The maximum atomic E-state index is 13.8. The summed E-state index contributed by atoms with van der Waals surface area (Å²) >= 11 is 10.00. The molecule has 1 aliphatic heterocycles. The minimum atomic E-state index is -0.723. The molecule has 1 unspecified atom stereocenters. The predicted molar refractivity (Wildman–Crippen MR) is 164 cm³/mol. The average Bonchev–Trinajstić information content (AvgIpc) is 3.33. The Bertz CT molecular complexity index is 1400. The van der Waals surface area contributed by atoms with Crippen molar-refractivity contribution in [2.24, 2.45) is 0 Å². The van der Waals surface area contributed by atoms with Crippen molar-refractivity contribution >= 4 is 39.5 Å². The van der Waals surface area contributed by atoms with Gasteiger partial charge in [-0.1, -0.05) is 17.7 Å². The molecule has 0 spiro atoms. The Labute approximate surface area is 259 Å². The molecule has 3 N–H and O–H groups in total. The lowest BCUT2D eigenvalue weighted by Crippen LogP contribution is -2.64. The Kier molecular flexibility index (Phi) is 9.22. The van der Waals surface area contributed by atoms with Crippen LogP contribution >= 0.6 is 27.5 Å². The largest absolute Gasteiger partial charge is 0.388 e. The van der Waals surface area contributed by atoms with Crippen LogP contribution in [0.25, 0.3) is 0 Å². The Morgan fingerprint density at radius 3 is 2.69 bits per heavy atom. The molecule has 2 aromatic heterocycles. The highest BCUT2D eigenvalue weighted by atomic mass is 79.9. The molecule has 0 saturated carbocycles. The van der Waals surface area contributed by atoms with E-state index in [9.17, 15) is 14.7 Å². The fourth-order valence-corrected chi connectivity index (χ4v) is 6.37. The minimum absolute atomic E-state index is 0.181. The van der Waals surface area contributed by atoms with Crippen LogP contribution in [0, 0.1) is 0 Å². The van der Waals surface area contributed by atoms with Gasteiger partial charge in [0.1, 0.15) is 18.5 Å². The molecular weight excluding hydrogens is 622 g/mol. The summed E-state index contributed by atoms with van der Waals surface area (Å²) in [6.07, 6.45) is 6.86. The summed E-state index contributed by atoms with van der Waals surface area (Å²) in [6, 6.07) is 6.94. The van der Waals surface area contributed by atoms with Crippen LogP contribution in [0.3, 0.4) is 0 Å². The van der Waals surface area contributed by atoms with Crippen molar-refractivity contribution < 1.29 is 14.7 Å². The SMILES string of the molecule is CC(C)(C)NC(=O)N1CCN(C2c3ccc(Cl)cc3CCc3cc(Br)cnc32)C[C@@H]1C(=O)NCCn1ccnc1CO. The maximum absolute atomic E-state index is 13.8. The molecule has 1 aliphatic carbocycles. The van der Waals surface area contributed by atoms with E-state index in [1.165, 1.54) is 0 Å². The van der Waals surface area contributed by atoms with E-state index in [2.05, 4.69) is 48.6 Å². The number of nitrogens with zero attached hydrogens (tertiary/aromatic N) is 5. The Hall–Kier alpha value is -2.99. The lowest BCUT2D eigenvalue weighted by molar-refractivity contribution is -0.127. The Balaban J connectivity index is 1.44. The smallest absolute Gasteiger partial charge is 0.318 e. The lowest BCUT2D eigenvalue weighted by Gasteiger charge is -2.44. The van der Waals surface area contributed by atoms with Gasteiger partial charge >= 0.3 is 6.03 Å². The number of urea groups is 1. The van der Waals surface area contributed by atoms with E-state index in [-0.39, 0.29) is 24.6 Å². The second-order valence-electron chi connectivity index (χ2n) is 11.8. The summed E-state index contributed by atoms with van der Waals surface area (Å²) in [4.78, 5) is 40.1. The van der Waals surface area contributed by atoms with Gasteiger partial charge in [0.15, 0.2) is 0 Å². The Morgan fingerprint density at radius 2 is 1.93 bits per heavy atom. The summed E-state index contributed by atoms with van der Waals surface area (Å²) in [7, 11) is 0. The second-order valence-corrected chi connectivity index (χ2v) is 13.2. The molecule has 5 rings (SSSR count). The molecule has 0 radical (unpaired) electrons. The fourth-order valence-electron chi connectivity index (χ4n) is 5.79. The summed E-state index contributed by atoms with van der Waals surface area (Å²) in [6.45, 7) is 7.66. The number of carbonyl (C=O) groups is 2. The normalized spacial score (nSPS) is 19.0.